The van der Waals surface area contributed by atoms with Crippen LogP contribution in [0, 0.1) is 0 Å². The highest BCUT2D eigenvalue weighted by molar-refractivity contribution is 6.17. The van der Waals surface area contributed by atoms with Crippen LogP contribution in [0.5, 0.6) is 11.5 Å². The summed E-state index contributed by atoms with van der Waals surface area (Å²) in [5.74, 6) is 1.35. The summed E-state index contributed by atoms with van der Waals surface area (Å²) < 4.78 is 23.8. The standard InChI is InChI=1S/C46H47ClN4O7/c47-17-5-1-2-6-23-55-25-26-56-24-18-48-43(52)36-27-31-11-12-34(30-40(31)58-45(36)54)51-44(53)35-9-3-4-10-37(35)46(51)38-15-13-32(49-19-7-20-49)28-41(38)57-42-29-33(14-16-39(42)46)50-21-8-22-50/h3-4,9-16,27-30H,1-2,5-8,17-26H2,(H,48,52). The van der Waals surface area contributed by atoms with Crippen molar-refractivity contribution in [1.29, 1.82) is 0 Å². The maximum Gasteiger partial charge on any atom is 0.349 e. The minimum atomic E-state index is -1.09. The zero-order valence-electron chi connectivity index (χ0n) is 32.5. The summed E-state index contributed by atoms with van der Waals surface area (Å²) in [6.45, 7) is 6.01. The van der Waals surface area contributed by atoms with Crippen LogP contribution < -0.4 is 30.4 Å². The van der Waals surface area contributed by atoms with Gasteiger partial charge in [0.05, 0.1) is 19.8 Å². The van der Waals surface area contributed by atoms with E-state index in [1.165, 1.54) is 6.07 Å². The van der Waals surface area contributed by atoms with Gasteiger partial charge in [0, 0.05) is 108 Å². The molecule has 2 amide bonds. The molecular weight excluding hydrogens is 756 g/mol. The molecule has 58 heavy (non-hydrogen) atoms. The Morgan fingerprint density at radius 3 is 2.03 bits per heavy atom. The number of nitrogens with one attached hydrogen (secondary N) is 1. The van der Waals surface area contributed by atoms with E-state index >= 15 is 0 Å². The monoisotopic (exact) mass is 802 g/mol. The van der Waals surface area contributed by atoms with Crippen molar-refractivity contribution in [1.82, 2.24) is 5.32 Å². The number of hydrogen-bond donors (Lipinski definition) is 1. The lowest BCUT2D eigenvalue weighted by molar-refractivity contribution is 0.0468. The van der Waals surface area contributed by atoms with Crippen LogP contribution in [0.1, 0.15) is 75.9 Å². The molecule has 5 heterocycles. The van der Waals surface area contributed by atoms with Crippen LogP contribution in [0.2, 0.25) is 0 Å². The second kappa shape index (κ2) is 16.5. The van der Waals surface area contributed by atoms with Crippen molar-refractivity contribution in [3.05, 3.63) is 123 Å². The Morgan fingerprint density at radius 2 is 1.36 bits per heavy atom. The number of benzene rings is 4. The van der Waals surface area contributed by atoms with E-state index in [2.05, 4.69) is 51.5 Å². The van der Waals surface area contributed by atoms with Gasteiger partial charge in [0.2, 0.25) is 0 Å². The summed E-state index contributed by atoms with van der Waals surface area (Å²) in [6, 6.07) is 27.3. The molecule has 1 spiro atoms. The topological polar surface area (TPSA) is 114 Å². The van der Waals surface area contributed by atoms with E-state index in [1.807, 2.05) is 35.2 Å². The first kappa shape index (κ1) is 38.2. The Morgan fingerprint density at radius 1 is 0.707 bits per heavy atom. The number of carbonyl (C=O) groups excluding carboxylic acids is 2. The summed E-state index contributed by atoms with van der Waals surface area (Å²) in [7, 11) is 0. The van der Waals surface area contributed by atoms with Gasteiger partial charge in [-0.15, -0.1) is 11.6 Å². The van der Waals surface area contributed by atoms with Crippen LogP contribution in [0.3, 0.4) is 0 Å². The van der Waals surface area contributed by atoms with Crippen molar-refractivity contribution in [2.24, 2.45) is 0 Å². The van der Waals surface area contributed by atoms with Crippen LogP contribution in [0.4, 0.5) is 17.1 Å². The number of alkyl halides is 1. The van der Waals surface area contributed by atoms with E-state index in [-0.39, 0.29) is 30.2 Å². The van der Waals surface area contributed by atoms with Crippen molar-refractivity contribution < 1.29 is 28.2 Å². The number of halogens is 1. The number of rotatable bonds is 16. The van der Waals surface area contributed by atoms with Gasteiger partial charge in [-0.1, -0.05) is 43.2 Å². The number of anilines is 3. The van der Waals surface area contributed by atoms with E-state index in [4.69, 9.17) is 30.2 Å². The molecule has 0 radical (unpaired) electrons. The highest BCUT2D eigenvalue weighted by atomic mass is 35.5. The van der Waals surface area contributed by atoms with Gasteiger partial charge < -0.3 is 33.7 Å². The zero-order valence-corrected chi connectivity index (χ0v) is 33.2. The minimum absolute atomic E-state index is 0.109. The third-order valence-electron chi connectivity index (χ3n) is 11.8. The summed E-state index contributed by atoms with van der Waals surface area (Å²) in [4.78, 5) is 47.8. The molecule has 12 heteroatoms. The fourth-order valence-corrected chi connectivity index (χ4v) is 8.71. The average Bonchev–Trinajstić information content (AvgIpc) is 3.44. The van der Waals surface area contributed by atoms with Crippen LogP contribution >= 0.6 is 11.6 Å². The van der Waals surface area contributed by atoms with Gasteiger partial charge in [-0.2, -0.15) is 0 Å². The second-order valence-corrected chi connectivity index (χ2v) is 15.7. The van der Waals surface area contributed by atoms with Gasteiger partial charge in [-0.05, 0) is 62.1 Å². The Hall–Kier alpha value is -5.36. The lowest BCUT2D eigenvalue weighted by atomic mass is 9.74. The summed E-state index contributed by atoms with van der Waals surface area (Å²) in [6.07, 6.45) is 6.51. The number of ether oxygens (including phenoxy) is 3. The number of amides is 2. The zero-order chi connectivity index (χ0) is 39.6. The number of fused-ring (bicyclic) bond motifs is 7. The van der Waals surface area contributed by atoms with E-state index in [9.17, 15) is 14.4 Å². The molecule has 300 valence electrons. The number of carbonyl (C=O) groups is 2. The highest BCUT2D eigenvalue weighted by Gasteiger charge is 2.57. The fraction of sp³-hybridized carbons (Fsp3) is 0.370. The molecule has 0 unspecified atom stereocenters. The van der Waals surface area contributed by atoms with E-state index in [1.54, 1.807) is 12.1 Å². The van der Waals surface area contributed by atoms with Crippen molar-refractivity contribution >= 4 is 51.4 Å². The summed E-state index contributed by atoms with van der Waals surface area (Å²) >= 11 is 5.71. The molecule has 0 saturated carbocycles. The van der Waals surface area contributed by atoms with Crippen LogP contribution in [-0.4, -0.2) is 76.8 Å². The van der Waals surface area contributed by atoms with Crippen molar-refractivity contribution in [3.63, 3.8) is 0 Å². The van der Waals surface area contributed by atoms with E-state index in [0.29, 0.717) is 53.8 Å². The van der Waals surface area contributed by atoms with Crippen molar-refractivity contribution in [2.45, 2.75) is 44.1 Å². The Balaban J connectivity index is 0.998. The van der Waals surface area contributed by atoms with Gasteiger partial charge in [-0.25, -0.2) is 4.79 Å². The molecule has 0 aliphatic carbocycles. The van der Waals surface area contributed by atoms with Crippen LogP contribution in [0.15, 0.2) is 94.1 Å². The normalized spacial score (nSPS) is 16.1. The third kappa shape index (κ3) is 6.88. The van der Waals surface area contributed by atoms with Gasteiger partial charge in [-0.3, -0.25) is 14.5 Å². The van der Waals surface area contributed by atoms with Gasteiger partial charge >= 0.3 is 5.63 Å². The maximum atomic E-state index is 14.9. The number of nitrogens with zero attached hydrogens (tertiary/aromatic N) is 3. The molecule has 4 aromatic carbocycles. The molecule has 11 nitrogen and oxygen atoms in total. The van der Waals surface area contributed by atoms with Crippen LogP contribution in [0.25, 0.3) is 11.0 Å². The Kier molecular flexibility index (Phi) is 10.8. The molecule has 0 bridgehead atoms. The third-order valence-corrected chi connectivity index (χ3v) is 12.0. The van der Waals surface area contributed by atoms with Crippen molar-refractivity contribution in [2.75, 3.05) is 79.7 Å². The first-order valence-electron chi connectivity index (χ1n) is 20.5. The molecule has 9 rings (SSSR count). The molecule has 4 aliphatic heterocycles. The largest absolute Gasteiger partial charge is 0.456 e. The molecule has 2 fully saturated rings. The fourth-order valence-electron chi connectivity index (χ4n) is 8.52. The second-order valence-electron chi connectivity index (χ2n) is 15.3. The predicted octanol–water partition coefficient (Wildman–Crippen LogP) is 7.83. The number of unbranched alkanes of at least 4 members (excludes halogenated alkanes) is 3. The molecule has 4 aliphatic rings. The lowest BCUT2D eigenvalue weighted by Gasteiger charge is -2.45. The van der Waals surface area contributed by atoms with E-state index < -0.39 is 17.1 Å². The predicted molar refractivity (Wildman–Crippen MR) is 225 cm³/mol. The van der Waals surface area contributed by atoms with Gasteiger partial charge in [0.15, 0.2) is 0 Å². The Bertz CT molecular complexity index is 2340. The molecule has 0 atom stereocenters. The summed E-state index contributed by atoms with van der Waals surface area (Å²) in [5.41, 5.74) is 4.10. The Labute approximate surface area is 342 Å². The molecule has 2 saturated heterocycles. The molecule has 1 N–H and O–H groups in total. The van der Waals surface area contributed by atoms with Crippen molar-refractivity contribution in [3.8, 4) is 11.5 Å². The first-order chi connectivity index (χ1) is 28.5. The molecular formula is C46H47ClN4O7. The average molecular weight is 803 g/mol. The van der Waals surface area contributed by atoms with Gasteiger partial charge in [0.25, 0.3) is 11.8 Å². The smallest absolute Gasteiger partial charge is 0.349 e. The lowest BCUT2D eigenvalue weighted by Crippen LogP contribution is -2.48. The highest BCUT2D eigenvalue weighted by Crippen LogP contribution is 2.59. The molecule has 1 aromatic heterocycles. The first-order valence-corrected chi connectivity index (χ1v) is 21.0. The van der Waals surface area contributed by atoms with Crippen LogP contribution in [-0.2, 0) is 15.0 Å². The maximum absolute atomic E-state index is 14.9. The minimum Gasteiger partial charge on any atom is -0.456 e. The molecule has 5 aromatic rings. The van der Waals surface area contributed by atoms with E-state index in [0.717, 1.165) is 92.8 Å². The SMILES string of the molecule is O=C(NCCOCCOCCCCCCCl)c1cc2ccc(N3C(=O)c4ccccc4C34c3ccc(N5CCC5)cc3Oc3cc(N5CCC5)ccc34)cc2oc1=O. The summed E-state index contributed by atoms with van der Waals surface area (Å²) in [5, 5.41) is 3.31. The van der Waals surface area contributed by atoms with Gasteiger partial charge in [0.1, 0.15) is 28.2 Å². The quantitative estimate of drug-likeness (QED) is 0.0606. The number of hydrogen-bond acceptors (Lipinski definition) is 9.